The number of nitrogens with two attached hydrogens (primary N) is 1. The SMILES string of the molecule is CON(C(=O)Nc1ccc(-c2cccnc2CNC(N)=O)c(Cc2ccccc2F)c1F)C1CCCC1. The molecule has 4 N–H and O–H groups in total. The molecule has 1 saturated carbocycles. The van der Waals surface area contributed by atoms with Crippen molar-refractivity contribution in [3.8, 4) is 11.1 Å². The summed E-state index contributed by atoms with van der Waals surface area (Å²) in [5.74, 6) is -1.18. The summed E-state index contributed by atoms with van der Waals surface area (Å²) in [6.07, 6.45) is 5.07. The first-order chi connectivity index (χ1) is 17.9. The van der Waals surface area contributed by atoms with E-state index in [1.165, 1.54) is 24.3 Å². The van der Waals surface area contributed by atoms with E-state index < -0.39 is 23.7 Å². The fourth-order valence-electron chi connectivity index (χ4n) is 4.68. The number of urea groups is 2. The Kier molecular flexibility index (Phi) is 8.29. The van der Waals surface area contributed by atoms with Gasteiger partial charge in [0.05, 0.1) is 31.1 Å². The second-order valence-electron chi connectivity index (χ2n) is 8.81. The molecule has 8 nitrogen and oxygen atoms in total. The Balaban J connectivity index is 1.75. The van der Waals surface area contributed by atoms with Gasteiger partial charge in [0.15, 0.2) is 5.82 Å². The average Bonchev–Trinajstić information content (AvgIpc) is 3.41. The number of rotatable bonds is 8. The smallest absolute Gasteiger partial charge is 0.346 e. The van der Waals surface area contributed by atoms with Gasteiger partial charge in [-0.05, 0) is 42.2 Å². The van der Waals surface area contributed by atoms with E-state index in [1.807, 2.05) is 0 Å². The highest BCUT2D eigenvalue weighted by Crippen LogP contribution is 2.34. The summed E-state index contributed by atoms with van der Waals surface area (Å²) in [5.41, 5.74) is 7.07. The predicted molar refractivity (Wildman–Crippen MR) is 135 cm³/mol. The van der Waals surface area contributed by atoms with Crippen molar-refractivity contribution in [2.24, 2.45) is 5.73 Å². The van der Waals surface area contributed by atoms with Gasteiger partial charge in [0.2, 0.25) is 0 Å². The highest BCUT2D eigenvalue weighted by atomic mass is 19.1. The molecule has 0 radical (unpaired) electrons. The summed E-state index contributed by atoms with van der Waals surface area (Å²) in [7, 11) is 1.41. The summed E-state index contributed by atoms with van der Waals surface area (Å²) in [4.78, 5) is 33.8. The van der Waals surface area contributed by atoms with Gasteiger partial charge in [0.1, 0.15) is 5.82 Å². The number of nitrogens with zero attached hydrogens (tertiary/aromatic N) is 2. The van der Waals surface area contributed by atoms with Gasteiger partial charge in [-0.15, -0.1) is 0 Å². The van der Waals surface area contributed by atoms with Crippen LogP contribution in [0.5, 0.6) is 0 Å². The number of halogens is 2. The van der Waals surface area contributed by atoms with Crippen LogP contribution in [0.3, 0.4) is 0 Å². The summed E-state index contributed by atoms with van der Waals surface area (Å²) >= 11 is 0. The number of nitrogens with one attached hydrogen (secondary N) is 2. The number of amides is 4. The van der Waals surface area contributed by atoms with E-state index in [0.717, 1.165) is 25.7 Å². The molecule has 194 valence electrons. The molecular formula is C27H29F2N5O3. The van der Waals surface area contributed by atoms with E-state index in [0.29, 0.717) is 16.8 Å². The van der Waals surface area contributed by atoms with Gasteiger partial charge in [0, 0.05) is 23.7 Å². The molecule has 0 aliphatic heterocycles. The van der Waals surface area contributed by atoms with Crippen molar-refractivity contribution in [2.45, 2.75) is 44.7 Å². The van der Waals surface area contributed by atoms with Gasteiger partial charge in [-0.3, -0.25) is 9.82 Å². The molecule has 1 fully saturated rings. The standard InChI is InChI=1S/C27H29F2N5O3/c1-37-34(18-8-3-4-9-18)27(36)33-23-13-12-19(20-10-6-14-31-24(20)16-32-26(30)35)21(25(23)29)15-17-7-2-5-11-22(17)28/h2,5-7,10-14,18H,3-4,8-9,15-16H2,1H3,(H,33,36)(H3,30,32,35). The van der Waals surface area contributed by atoms with Gasteiger partial charge in [-0.2, -0.15) is 0 Å². The Morgan fingerprint density at radius 1 is 1.08 bits per heavy atom. The van der Waals surface area contributed by atoms with Gasteiger partial charge in [-0.25, -0.2) is 23.4 Å². The van der Waals surface area contributed by atoms with Crippen LogP contribution in [0, 0.1) is 11.6 Å². The van der Waals surface area contributed by atoms with Crippen LogP contribution in [0.25, 0.3) is 11.1 Å². The number of benzene rings is 2. The molecule has 4 rings (SSSR count). The maximum absolute atomic E-state index is 16.1. The van der Waals surface area contributed by atoms with E-state index in [9.17, 15) is 14.0 Å². The lowest BCUT2D eigenvalue weighted by Gasteiger charge is -2.26. The second-order valence-corrected chi connectivity index (χ2v) is 8.81. The first kappa shape index (κ1) is 26.0. The molecule has 0 atom stereocenters. The second kappa shape index (κ2) is 11.8. The van der Waals surface area contributed by atoms with E-state index in [-0.39, 0.29) is 35.8 Å². The number of primary amides is 1. The largest absolute Gasteiger partial charge is 0.352 e. The zero-order chi connectivity index (χ0) is 26.4. The Morgan fingerprint density at radius 3 is 2.54 bits per heavy atom. The lowest BCUT2D eigenvalue weighted by molar-refractivity contribution is -0.110. The Morgan fingerprint density at radius 2 is 1.84 bits per heavy atom. The lowest BCUT2D eigenvalue weighted by atomic mass is 9.92. The Bertz CT molecular complexity index is 1280. The van der Waals surface area contributed by atoms with Gasteiger partial charge >= 0.3 is 12.1 Å². The molecule has 0 saturated heterocycles. The quantitative estimate of drug-likeness (QED) is 0.366. The van der Waals surface area contributed by atoms with Crippen molar-refractivity contribution < 1.29 is 23.2 Å². The first-order valence-corrected chi connectivity index (χ1v) is 12.1. The monoisotopic (exact) mass is 509 g/mol. The van der Waals surface area contributed by atoms with Crippen molar-refractivity contribution in [1.29, 1.82) is 0 Å². The fourth-order valence-corrected chi connectivity index (χ4v) is 4.68. The molecule has 0 bridgehead atoms. The molecule has 1 heterocycles. The predicted octanol–water partition coefficient (Wildman–Crippen LogP) is 5.12. The molecule has 2 aromatic carbocycles. The number of carbonyl (C=O) groups excluding carboxylic acids is 2. The van der Waals surface area contributed by atoms with E-state index >= 15 is 4.39 Å². The van der Waals surface area contributed by atoms with Gasteiger partial charge < -0.3 is 16.4 Å². The van der Waals surface area contributed by atoms with E-state index in [4.69, 9.17) is 10.6 Å². The summed E-state index contributed by atoms with van der Waals surface area (Å²) in [6, 6.07) is 11.2. The number of hydroxylamine groups is 2. The third kappa shape index (κ3) is 6.03. The molecule has 3 aromatic rings. The Hall–Kier alpha value is -4.05. The van der Waals surface area contributed by atoms with Crippen molar-refractivity contribution in [3.05, 3.63) is 83.2 Å². The number of hydrogen-bond acceptors (Lipinski definition) is 4. The molecule has 4 amide bonds. The van der Waals surface area contributed by atoms with Crippen LogP contribution in [-0.2, 0) is 17.8 Å². The van der Waals surface area contributed by atoms with E-state index in [2.05, 4.69) is 15.6 Å². The third-order valence-electron chi connectivity index (χ3n) is 6.47. The number of hydrogen-bond donors (Lipinski definition) is 3. The molecule has 10 heteroatoms. The van der Waals surface area contributed by atoms with Crippen LogP contribution in [-0.4, -0.2) is 35.3 Å². The number of carbonyl (C=O) groups is 2. The normalized spacial score (nSPS) is 13.4. The molecule has 1 aromatic heterocycles. The van der Waals surface area contributed by atoms with Crippen molar-refractivity contribution in [2.75, 3.05) is 12.4 Å². The summed E-state index contributed by atoms with van der Waals surface area (Å²) in [5, 5.41) is 6.35. The minimum atomic E-state index is -0.725. The summed E-state index contributed by atoms with van der Waals surface area (Å²) < 4.78 is 30.7. The molecule has 1 aliphatic carbocycles. The maximum Gasteiger partial charge on any atom is 0.346 e. The highest BCUT2D eigenvalue weighted by molar-refractivity contribution is 5.90. The molecule has 37 heavy (non-hydrogen) atoms. The molecule has 0 spiro atoms. The number of anilines is 1. The van der Waals surface area contributed by atoms with Gasteiger partial charge in [0.25, 0.3) is 0 Å². The van der Waals surface area contributed by atoms with Crippen LogP contribution < -0.4 is 16.4 Å². The highest BCUT2D eigenvalue weighted by Gasteiger charge is 2.28. The Labute approximate surface area is 213 Å². The zero-order valence-electron chi connectivity index (χ0n) is 20.5. The third-order valence-corrected chi connectivity index (χ3v) is 6.47. The van der Waals surface area contributed by atoms with E-state index in [1.54, 1.807) is 42.6 Å². The van der Waals surface area contributed by atoms with Crippen LogP contribution in [0.2, 0.25) is 0 Å². The average molecular weight is 510 g/mol. The molecule has 1 aliphatic rings. The first-order valence-electron chi connectivity index (χ1n) is 12.1. The van der Waals surface area contributed by atoms with Crippen LogP contribution >= 0.6 is 0 Å². The van der Waals surface area contributed by atoms with Crippen molar-refractivity contribution in [1.82, 2.24) is 15.4 Å². The van der Waals surface area contributed by atoms with Crippen LogP contribution in [0.4, 0.5) is 24.1 Å². The number of pyridine rings is 1. The lowest BCUT2D eigenvalue weighted by Crippen LogP contribution is -2.41. The topological polar surface area (TPSA) is 110 Å². The van der Waals surface area contributed by atoms with Crippen LogP contribution in [0.1, 0.15) is 42.5 Å². The summed E-state index contributed by atoms with van der Waals surface area (Å²) in [6.45, 7) is 0.0228. The maximum atomic E-state index is 16.1. The minimum absolute atomic E-state index is 0.0228. The number of aromatic nitrogens is 1. The molecular weight excluding hydrogens is 480 g/mol. The molecule has 0 unspecified atom stereocenters. The van der Waals surface area contributed by atoms with Crippen molar-refractivity contribution >= 4 is 17.7 Å². The fraction of sp³-hybridized carbons (Fsp3) is 0.296. The minimum Gasteiger partial charge on any atom is -0.352 e. The van der Waals surface area contributed by atoms with Crippen LogP contribution in [0.15, 0.2) is 54.7 Å². The van der Waals surface area contributed by atoms with Crippen molar-refractivity contribution in [3.63, 3.8) is 0 Å². The van der Waals surface area contributed by atoms with Gasteiger partial charge in [-0.1, -0.05) is 43.2 Å². The zero-order valence-corrected chi connectivity index (χ0v) is 20.5.